The normalized spacial score (nSPS) is 19.8. The molecule has 2 aliphatic rings. The smallest absolute Gasteiger partial charge is 0.256 e. The minimum Gasteiger partial charge on any atom is -0.490 e. The monoisotopic (exact) mass is 490 g/mol. The van der Waals surface area contributed by atoms with E-state index in [2.05, 4.69) is 4.90 Å². The van der Waals surface area contributed by atoms with E-state index in [0.717, 1.165) is 25.9 Å². The van der Waals surface area contributed by atoms with Gasteiger partial charge >= 0.3 is 0 Å². The van der Waals surface area contributed by atoms with E-state index in [9.17, 15) is 23.1 Å². The van der Waals surface area contributed by atoms with Gasteiger partial charge in [-0.25, -0.2) is 13.2 Å². The number of benzene rings is 2. The summed E-state index contributed by atoms with van der Waals surface area (Å²) in [5.41, 5.74) is -0.352. The number of nitrogens with zero attached hydrogens (tertiary/aromatic N) is 2. The van der Waals surface area contributed by atoms with E-state index in [0.29, 0.717) is 37.2 Å². The summed E-state index contributed by atoms with van der Waals surface area (Å²) in [6.07, 6.45) is 1.65. The molecule has 2 heterocycles. The maximum absolute atomic E-state index is 14.7. The summed E-state index contributed by atoms with van der Waals surface area (Å²) in [5.74, 6) is -1.26. The Kier molecular flexibility index (Phi) is 7.71. The number of ether oxygens (including phenoxy) is 1. The van der Waals surface area contributed by atoms with Crippen LogP contribution >= 0.6 is 0 Å². The largest absolute Gasteiger partial charge is 0.490 e. The number of alkyl halides is 1. The van der Waals surface area contributed by atoms with Crippen molar-refractivity contribution in [2.75, 3.05) is 39.3 Å². The Morgan fingerprint density at radius 2 is 1.69 bits per heavy atom. The second-order valence-corrected chi connectivity index (χ2v) is 10.3. The van der Waals surface area contributed by atoms with Gasteiger partial charge in [0.1, 0.15) is 11.5 Å². The molecule has 2 aromatic rings. The molecule has 0 aliphatic carbocycles. The van der Waals surface area contributed by atoms with E-state index in [-0.39, 0.29) is 23.8 Å². The number of halogens is 3. The van der Waals surface area contributed by atoms with Gasteiger partial charge in [-0.3, -0.25) is 4.79 Å². The number of carbonyl (C=O) groups excluding carboxylic acids is 1. The predicted molar refractivity (Wildman–Crippen MR) is 128 cm³/mol. The Balaban J connectivity index is 1.34. The molecule has 2 aromatic carbocycles. The lowest BCUT2D eigenvalue weighted by atomic mass is 9.96. The standard InChI is InChI=1S/C27H33F3N2O3/c1-27(2,30)17-31-10-7-18(8-11-31)16-35-25-6-4-20(14-24(25)29)19-3-5-22(23(28)13-19)26(34)32-12-9-21(33)15-32/h3-6,13-14,18,21,33H,7-12,15-17H2,1-2H3/t21-/m1/s1. The average Bonchev–Trinajstić information content (AvgIpc) is 3.24. The van der Waals surface area contributed by atoms with E-state index in [4.69, 9.17) is 4.74 Å². The summed E-state index contributed by atoms with van der Waals surface area (Å²) < 4.78 is 49.0. The lowest BCUT2D eigenvalue weighted by molar-refractivity contribution is 0.0760. The van der Waals surface area contributed by atoms with Gasteiger partial charge in [-0.05, 0) is 87.5 Å². The number of hydrogen-bond acceptors (Lipinski definition) is 4. The van der Waals surface area contributed by atoms with Gasteiger partial charge in [-0.2, -0.15) is 0 Å². The van der Waals surface area contributed by atoms with Crippen molar-refractivity contribution in [3.05, 3.63) is 53.6 Å². The number of likely N-dealkylation sites (tertiary alicyclic amines) is 2. The summed E-state index contributed by atoms with van der Waals surface area (Å²) in [6.45, 7) is 6.14. The number of piperidine rings is 1. The van der Waals surface area contributed by atoms with Crippen molar-refractivity contribution in [2.24, 2.45) is 5.92 Å². The van der Waals surface area contributed by atoms with Gasteiger partial charge < -0.3 is 19.6 Å². The predicted octanol–water partition coefficient (Wildman–Crippen LogP) is 4.68. The Morgan fingerprint density at radius 1 is 1.03 bits per heavy atom. The van der Waals surface area contributed by atoms with Gasteiger partial charge in [0, 0.05) is 19.6 Å². The third kappa shape index (κ3) is 6.55. The van der Waals surface area contributed by atoms with Crippen LogP contribution in [-0.2, 0) is 0 Å². The highest BCUT2D eigenvalue weighted by molar-refractivity contribution is 5.95. The summed E-state index contributed by atoms with van der Waals surface area (Å²) in [4.78, 5) is 16.1. The zero-order valence-corrected chi connectivity index (χ0v) is 20.3. The first kappa shape index (κ1) is 25.5. The number of hydrogen-bond donors (Lipinski definition) is 1. The van der Waals surface area contributed by atoms with Crippen molar-refractivity contribution in [3.8, 4) is 16.9 Å². The van der Waals surface area contributed by atoms with Crippen molar-refractivity contribution in [1.82, 2.24) is 9.80 Å². The van der Waals surface area contributed by atoms with Crippen LogP contribution in [0.5, 0.6) is 5.75 Å². The molecule has 1 N–H and O–H groups in total. The van der Waals surface area contributed by atoms with Crippen molar-refractivity contribution >= 4 is 5.91 Å². The van der Waals surface area contributed by atoms with Gasteiger partial charge in [0.25, 0.3) is 5.91 Å². The molecule has 190 valence electrons. The van der Waals surface area contributed by atoms with E-state index in [1.165, 1.54) is 29.2 Å². The van der Waals surface area contributed by atoms with Gasteiger partial charge in [0.05, 0.1) is 18.3 Å². The molecule has 1 amide bonds. The Morgan fingerprint density at radius 3 is 2.26 bits per heavy atom. The first-order valence-corrected chi connectivity index (χ1v) is 12.2. The van der Waals surface area contributed by atoms with Crippen LogP contribution < -0.4 is 4.74 Å². The van der Waals surface area contributed by atoms with Crippen LogP contribution in [0.15, 0.2) is 36.4 Å². The van der Waals surface area contributed by atoms with Crippen LogP contribution in [0, 0.1) is 17.6 Å². The van der Waals surface area contributed by atoms with Crippen LogP contribution in [0.25, 0.3) is 11.1 Å². The average molecular weight is 491 g/mol. The molecule has 1 atom stereocenters. The fraction of sp³-hybridized carbons (Fsp3) is 0.519. The van der Waals surface area contributed by atoms with Crippen molar-refractivity contribution in [3.63, 3.8) is 0 Å². The Bertz CT molecular complexity index is 1050. The summed E-state index contributed by atoms with van der Waals surface area (Å²) in [6, 6.07) is 8.71. The molecule has 0 saturated carbocycles. The molecule has 0 bridgehead atoms. The van der Waals surface area contributed by atoms with Crippen molar-refractivity contribution in [2.45, 2.75) is 44.9 Å². The van der Waals surface area contributed by atoms with Gasteiger partial charge in [-0.15, -0.1) is 0 Å². The van der Waals surface area contributed by atoms with E-state index in [1.54, 1.807) is 26.0 Å². The highest BCUT2D eigenvalue weighted by Crippen LogP contribution is 2.29. The topological polar surface area (TPSA) is 53.0 Å². The first-order valence-electron chi connectivity index (χ1n) is 12.2. The molecule has 8 heteroatoms. The summed E-state index contributed by atoms with van der Waals surface area (Å²) in [7, 11) is 0. The molecule has 35 heavy (non-hydrogen) atoms. The third-order valence-electron chi connectivity index (χ3n) is 6.70. The fourth-order valence-electron chi connectivity index (χ4n) is 4.81. The summed E-state index contributed by atoms with van der Waals surface area (Å²) in [5, 5.41) is 9.62. The van der Waals surface area contributed by atoms with Crippen LogP contribution in [-0.4, -0.2) is 71.9 Å². The number of rotatable bonds is 7. The van der Waals surface area contributed by atoms with Crippen molar-refractivity contribution < 1.29 is 27.8 Å². The lowest BCUT2D eigenvalue weighted by Gasteiger charge is -2.34. The van der Waals surface area contributed by atoms with Gasteiger partial charge in [0.2, 0.25) is 0 Å². The van der Waals surface area contributed by atoms with Gasteiger partial charge in [-0.1, -0.05) is 12.1 Å². The Hall–Kier alpha value is -2.58. The van der Waals surface area contributed by atoms with E-state index < -0.39 is 29.3 Å². The quantitative estimate of drug-likeness (QED) is 0.613. The minimum atomic E-state index is -1.22. The molecule has 5 nitrogen and oxygen atoms in total. The summed E-state index contributed by atoms with van der Waals surface area (Å²) >= 11 is 0. The highest BCUT2D eigenvalue weighted by Gasteiger charge is 2.28. The number of aliphatic hydroxyl groups excluding tert-OH is 1. The SMILES string of the molecule is CC(C)(F)CN1CCC(COc2ccc(-c3ccc(C(=O)N4CC[C@@H](O)C4)c(F)c3)cc2F)CC1. The lowest BCUT2D eigenvalue weighted by Crippen LogP contribution is -2.41. The van der Waals surface area contributed by atoms with Crippen molar-refractivity contribution in [1.29, 1.82) is 0 Å². The molecule has 2 saturated heterocycles. The van der Waals surface area contributed by atoms with Crippen LogP contribution in [0.1, 0.15) is 43.5 Å². The molecule has 4 rings (SSSR count). The first-order chi connectivity index (χ1) is 16.6. The molecule has 0 aromatic heterocycles. The van der Waals surface area contributed by atoms with Crippen LogP contribution in [0.4, 0.5) is 13.2 Å². The molecule has 0 unspecified atom stereocenters. The maximum atomic E-state index is 14.7. The Labute approximate surface area is 204 Å². The van der Waals surface area contributed by atoms with Crippen LogP contribution in [0.2, 0.25) is 0 Å². The number of amides is 1. The molecular formula is C27H33F3N2O3. The molecule has 2 fully saturated rings. The molecule has 2 aliphatic heterocycles. The zero-order chi connectivity index (χ0) is 25.2. The second kappa shape index (κ2) is 10.6. The molecular weight excluding hydrogens is 457 g/mol. The van der Waals surface area contributed by atoms with Crippen LogP contribution in [0.3, 0.4) is 0 Å². The molecule has 0 spiro atoms. The number of β-amino-alcohol motifs (C(OH)–C–C–N with tert-alkyl or cyclic N) is 1. The number of aliphatic hydroxyl groups is 1. The second-order valence-electron chi connectivity index (χ2n) is 10.3. The highest BCUT2D eigenvalue weighted by atomic mass is 19.1. The molecule has 0 radical (unpaired) electrons. The third-order valence-corrected chi connectivity index (χ3v) is 6.70. The maximum Gasteiger partial charge on any atom is 0.256 e. The van der Waals surface area contributed by atoms with E-state index in [1.807, 2.05) is 0 Å². The van der Waals surface area contributed by atoms with E-state index >= 15 is 0 Å². The zero-order valence-electron chi connectivity index (χ0n) is 20.3. The van der Waals surface area contributed by atoms with Gasteiger partial charge in [0.15, 0.2) is 11.6 Å². The minimum absolute atomic E-state index is 0.0654. The number of carbonyl (C=O) groups is 1. The fourth-order valence-corrected chi connectivity index (χ4v) is 4.81.